The van der Waals surface area contributed by atoms with Crippen molar-refractivity contribution in [3.63, 3.8) is 0 Å². The zero-order valence-electron chi connectivity index (χ0n) is 29.3. The standard InChI is InChI=1S/C39H76O4/c1-3-5-7-9-11-13-14-15-16-17-18-24-28-32-36-39(42)43-37(33-29-25-21-12-10-8-6-4-2)34-30-26-22-19-20-23-27-31-35-38(40)41/h37H,3-36H2,1-2H3,(H,40,41). The molecule has 0 aromatic rings. The van der Waals surface area contributed by atoms with Crippen molar-refractivity contribution in [3.05, 3.63) is 0 Å². The molecule has 0 aromatic heterocycles. The summed E-state index contributed by atoms with van der Waals surface area (Å²) in [6.07, 6.45) is 41.2. The topological polar surface area (TPSA) is 63.6 Å². The molecule has 0 radical (unpaired) electrons. The lowest BCUT2D eigenvalue weighted by atomic mass is 10.0. The molecule has 0 bridgehead atoms. The summed E-state index contributed by atoms with van der Waals surface area (Å²) in [7, 11) is 0. The van der Waals surface area contributed by atoms with E-state index in [4.69, 9.17) is 9.84 Å². The molecule has 0 saturated carbocycles. The fourth-order valence-electron chi connectivity index (χ4n) is 6.19. The van der Waals surface area contributed by atoms with Gasteiger partial charge in [0, 0.05) is 12.8 Å². The van der Waals surface area contributed by atoms with Crippen LogP contribution >= 0.6 is 0 Å². The van der Waals surface area contributed by atoms with Crippen LogP contribution in [0.2, 0.25) is 0 Å². The van der Waals surface area contributed by atoms with Gasteiger partial charge in [0.05, 0.1) is 0 Å². The summed E-state index contributed by atoms with van der Waals surface area (Å²) in [5.41, 5.74) is 0. The minimum absolute atomic E-state index is 0.0323. The number of esters is 1. The number of carboxylic acids is 1. The van der Waals surface area contributed by atoms with E-state index in [9.17, 15) is 9.59 Å². The third-order valence-corrected chi connectivity index (χ3v) is 9.08. The van der Waals surface area contributed by atoms with Crippen molar-refractivity contribution < 1.29 is 19.4 Å². The Morgan fingerprint density at radius 1 is 0.419 bits per heavy atom. The van der Waals surface area contributed by atoms with Gasteiger partial charge in [0.15, 0.2) is 0 Å². The van der Waals surface area contributed by atoms with Gasteiger partial charge < -0.3 is 9.84 Å². The molecule has 0 rings (SSSR count). The lowest BCUT2D eigenvalue weighted by Gasteiger charge is -2.18. The molecule has 256 valence electrons. The van der Waals surface area contributed by atoms with Crippen LogP contribution in [0.5, 0.6) is 0 Å². The van der Waals surface area contributed by atoms with Gasteiger partial charge in [-0.25, -0.2) is 0 Å². The molecule has 0 aliphatic rings. The highest BCUT2D eigenvalue weighted by molar-refractivity contribution is 5.69. The quantitative estimate of drug-likeness (QED) is 0.0567. The van der Waals surface area contributed by atoms with E-state index in [1.807, 2.05) is 0 Å². The van der Waals surface area contributed by atoms with Crippen molar-refractivity contribution in [1.29, 1.82) is 0 Å². The first-order valence-corrected chi connectivity index (χ1v) is 19.5. The molecule has 0 fully saturated rings. The molecular formula is C39H76O4. The number of carbonyl (C=O) groups is 2. The molecule has 0 aliphatic heterocycles. The second-order valence-electron chi connectivity index (χ2n) is 13.5. The molecular weight excluding hydrogens is 532 g/mol. The van der Waals surface area contributed by atoms with Crippen molar-refractivity contribution in [2.24, 2.45) is 0 Å². The predicted molar refractivity (Wildman–Crippen MR) is 186 cm³/mol. The Morgan fingerprint density at radius 3 is 1.02 bits per heavy atom. The van der Waals surface area contributed by atoms with E-state index in [2.05, 4.69) is 13.8 Å². The molecule has 4 nitrogen and oxygen atoms in total. The van der Waals surface area contributed by atoms with Gasteiger partial charge in [0.1, 0.15) is 6.10 Å². The fraction of sp³-hybridized carbons (Fsp3) is 0.949. The Morgan fingerprint density at radius 2 is 0.698 bits per heavy atom. The highest BCUT2D eigenvalue weighted by Crippen LogP contribution is 2.19. The number of rotatable bonds is 36. The summed E-state index contributed by atoms with van der Waals surface area (Å²) >= 11 is 0. The first-order valence-electron chi connectivity index (χ1n) is 19.5. The zero-order valence-corrected chi connectivity index (χ0v) is 29.3. The Kier molecular flexibility index (Phi) is 34.5. The molecule has 1 unspecified atom stereocenters. The van der Waals surface area contributed by atoms with E-state index in [0.29, 0.717) is 12.8 Å². The third kappa shape index (κ3) is 35.3. The number of carboxylic acid groups (broad SMARTS) is 1. The van der Waals surface area contributed by atoms with Crippen LogP contribution in [0, 0.1) is 0 Å². The summed E-state index contributed by atoms with van der Waals surface area (Å²) in [6.45, 7) is 4.55. The van der Waals surface area contributed by atoms with Crippen LogP contribution in [0.15, 0.2) is 0 Å². The Hall–Kier alpha value is -1.06. The Bertz CT molecular complexity index is 576. The largest absolute Gasteiger partial charge is 0.481 e. The summed E-state index contributed by atoms with van der Waals surface area (Å²) in [5, 5.41) is 8.73. The molecule has 0 amide bonds. The normalized spacial score (nSPS) is 12.0. The minimum Gasteiger partial charge on any atom is -0.481 e. The SMILES string of the molecule is CCCCCCCCCCCCCCCCC(=O)OC(CCCCCCCCCC)CCCCCCCCCCC(=O)O. The molecule has 0 aromatic carbocycles. The van der Waals surface area contributed by atoms with Gasteiger partial charge in [-0.05, 0) is 38.5 Å². The monoisotopic (exact) mass is 609 g/mol. The Balaban J connectivity index is 3.98. The van der Waals surface area contributed by atoms with E-state index in [0.717, 1.165) is 51.4 Å². The molecule has 43 heavy (non-hydrogen) atoms. The van der Waals surface area contributed by atoms with Crippen molar-refractivity contribution in [2.45, 2.75) is 238 Å². The summed E-state index contributed by atoms with van der Waals surface area (Å²) in [6, 6.07) is 0. The molecule has 0 saturated heterocycles. The van der Waals surface area contributed by atoms with E-state index in [1.54, 1.807) is 0 Å². The molecule has 1 atom stereocenters. The minimum atomic E-state index is -0.679. The van der Waals surface area contributed by atoms with E-state index in [-0.39, 0.29) is 12.1 Å². The lowest BCUT2D eigenvalue weighted by molar-refractivity contribution is -0.150. The molecule has 0 spiro atoms. The number of aliphatic carboxylic acids is 1. The van der Waals surface area contributed by atoms with Gasteiger partial charge >= 0.3 is 11.9 Å². The van der Waals surface area contributed by atoms with Gasteiger partial charge in [-0.15, -0.1) is 0 Å². The second-order valence-corrected chi connectivity index (χ2v) is 13.5. The van der Waals surface area contributed by atoms with Crippen LogP contribution in [-0.4, -0.2) is 23.1 Å². The maximum Gasteiger partial charge on any atom is 0.306 e. The summed E-state index contributed by atoms with van der Waals surface area (Å²) < 4.78 is 6.03. The first-order chi connectivity index (χ1) is 21.1. The van der Waals surface area contributed by atoms with Crippen molar-refractivity contribution >= 4 is 11.9 Å². The number of unbranched alkanes of at least 4 members (excludes halogenated alkanes) is 27. The molecule has 1 N–H and O–H groups in total. The highest BCUT2D eigenvalue weighted by Gasteiger charge is 2.14. The van der Waals surface area contributed by atoms with Crippen LogP contribution in [0.4, 0.5) is 0 Å². The van der Waals surface area contributed by atoms with Gasteiger partial charge in [-0.1, -0.05) is 181 Å². The second kappa shape index (κ2) is 35.4. The van der Waals surface area contributed by atoms with Gasteiger partial charge in [0.2, 0.25) is 0 Å². The average Bonchev–Trinajstić information content (AvgIpc) is 2.99. The zero-order chi connectivity index (χ0) is 31.5. The Labute approximate surface area is 269 Å². The maximum absolute atomic E-state index is 12.7. The smallest absolute Gasteiger partial charge is 0.306 e. The molecule has 0 aliphatic carbocycles. The van der Waals surface area contributed by atoms with E-state index < -0.39 is 5.97 Å². The van der Waals surface area contributed by atoms with E-state index in [1.165, 1.54) is 154 Å². The van der Waals surface area contributed by atoms with Crippen LogP contribution in [-0.2, 0) is 14.3 Å². The number of ether oxygens (including phenoxy) is 1. The molecule has 0 heterocycles. The fourth-order valence-corrected chi connectivity index (χ4v) is 6.19. The van der Waals surface area contributed by atoms with Gasteiger partial charge in [-0.3, -0.25) is 9.59 Å². The van der Waals surface area contributed by atoms with Gasteiger partial charge in [0.25, 0.3) is 0 Å². The number of carbonyl (C=O) groups excluding carboxylic acids is 1. The molecule has 4 heteroatoms. The predicted octanol–water partition coefficient (Wildman–Crippen LogP) is 13.3. The average molecular weight is 609 g/mol. The van der Waals surface area contributed by atoms with Crippen molar-refractivity contribution in [3.8, 4) is 0 Å². The van der Waals surface area contributed by atoms with Crippen molar-refractivity contribution in [1.82, 2.24) is 0 Å². The highest BCUT2D eigenvalue weighted by atomic mass is 16.5. The van der Waals surface area contributed by atoms with Gasteiger partial charge in [-0.2, -0.15) is 0 Å². The maximum atomic E-state index is 12.7. The van der Waals surface area contributed by atoms with Crippen molar-refractivity contribution in [2.75, 3.05) is 0 Å². The van der Waals surface area contributed by atoms with Crippen LogP contribution < -0.4 is 0 Å². The summed E-state index contributed by atoms with van der Waals surface area (Å²) in [4.78, 5) is 23.3. The summed E-state index contributed by atoms with van der Waals surface area (Å²) in [5.74, 6) is -0.647. The number of hydrogen-bond acceptors (Lipinski definition) is 3. The van der Waals surface area contributed by atoms with Crippen LogP contribution in [0.1, 0.15) is 232 Å². The number of hydrogen-bond donors (Lipinski definition) is 1. The third-order valence-electron chi connectivity index (χ3n) is 9.08. The van der Waals surface area contributed by atoms with Crippen LogP contribution in [0.25, 0.3) is 0 Å². The lowest BCUT2D eigenvalue weighted by Crippen LogP contribution is -2.18. The van der Waals surface area contributed by atoms with Crippen LogP contribution in [0.3, 0.4) is 0 Å². The van der Waals surface area contributed by atoms with E-state index >= 15 is 0 Å². The first kappa shape index (κ1) is 41.9.